The molecular weight excluding hydrogens is 526 g/mol. The molecule has 1 rings (SSSR count). The lowest BCUT2D eigenvalue weighted by atomic mass is 9.86. The second-order valence-electron chi connectivity index (χ2n) is 10.3. The van der Waals surface area contributed by atoms with Crippen molar-refractivity contribution in [2.75, 3.05) is 13.2 Å². The van der Waals surface area contributed by atoms with Crippen LogP contribution in [0.3, 0.4) is 0 Å². The highest BCUT2D eigenvalue weighted by atomic mass is 16.7. The highest BCUT2D eigenvalue weighted by molar-refractivity contribution is 5.79. The molecule has 0 aliphatic rings. The number of rotatable bonds is 15. The van der Waals surface area contributed by atoms with Gasteiger partial charge in [-0.1, -0.05) is 46.6 Å². The molecule has 1 aromatic rings. The smallest absolute Gasteiger partial charge is 0.480 e. The lowest BCUT2D eigenvalue weighted by molar-refractivity contribution is -0.144. The molecule has 3 unspecified atom stereocenters. The van der Waals surface area contributed by atoms with E-state index in [1.807, 2.05) is 27.7 Å². The third-order valence-electron chi connectivity index (χ3n) is 5.99. The van der Waals surface area contributed by atoms with Crippen molar-refractivity contribution in [1.82, 2.24) is 0 Å². The van der Waals surface area contributed by atoms with Crippen LogP contribution < -0.4 is 15.2 Å². The number of nitrogens with two attached hydrogens (primary N) is 1. The largest absolute Gasteiger partial charge is 0.513 e. The van der Waals surface area contributed by atoms with Crippen molar-refractivity contribution in [2.24, 2.45) is 17.6 Å². The third kappa shape index (κ3) is 12.5. The molecule has 0 bridgehead atoms. The second kappa shape index (κ2) is 16.5. The number of aliphatic carboxylic acids is 1. The van der Waals surface area contributed by atoms with Gasteiger partial charge in [0.25, 0.3) is 0 Å². The number of carboxylic acids is 1. The molecule has 3 N–H and O–H groups in total. The predicted octanol–water partition coefficient (Wildman–Crippen LogP) is 5.47. The Balaban J connectivity index is 3.16. The van der Waals surface area contributed by atoms with Crippen molar-refractivity contribution in [3.8, 4) is 11.5 Å². The topological polar surface area (TPSA) is 170 Å². The van der Waals surface area contributed by atoms with Gasteiger partial charge in [0.1, 0.15) is 11.6 Å². The lowest BCUT2D eigenvalue weighted by Crippen LogP contribution is -2.52. The van der Waals surface area contributed by atoms with Gasteiger partial charge in [0.15, 0.2) is 11.5 Å². The van der Waals surface area contributed by atoms with Crippen molar-refractivity contribution in [2.45, 2.75) is 91.9 Å². The molecule has 0 aliphatic carbocycles. The van der Waals surface area contributed by atoms with Gasteiger partial charge in [0, 0.05) is 12.8 Å². The summed E-state index contributed by atoms with van der Waals surface area (Å²) in [5, 5.41) is 9.89. The molecule has 226 valence electrons. The lowest BCUT2D eigenvalue weighted by Gasteiger charge is -2.28. The number of hydrogen-bond acceptors (Lipinski definition) is 11. The fourth-order valence-electron chi connectivity index (χ4n) is 3.26. The van der Waals surface area contributed by atoms with Crippen molar-refractivity contribution in [1.29, 1.82) is 0 Å². The van der Waals surface area contributed by atoms with Gasteiger partial charge in [0.05, 0.1) is 19.3 Å². The monoisotopic (exact) mass is 569 g/mol. The molecule has 1 aromatic carbocycles. The molecule has 0 aromatic heterocycles. The van der Waals surface area contributed by atoms with Crippen LogP contribution in [0.4, 0.5) is 14.4 Å². The quantitative estimate of drug-likeness (QED) is 0.155. The molecule has 0 amide bonds. The van der Waals surface area contributed by atoms with E-state index in [0.29, 0.717) is 5.56 Å². The summed E-state index contributed by atoms with van der Waals surface area (Å²) in [6.07, 6.45) is -3.18. The summed E-state index contributed by atoms with van der Waals surface area (Å²) < 4.78 is 30.9. The maximum atomic E-state index is 12.4. The van der Waals surface area contributed by atoms with Crippen LogP contribution >= 0.6 is 0 Å². The molecule has 0 fully saturated rings. The van der Waals surface area contributed by atoms with E-state index in [1.165, 1.54) is 25.1 Å². The molecule has 12 heteroatoms. The summed E-state index contributed by atoms with van der Waals surface area (Å²) in [5.41, 5.74) is 4.70. The summed E-state index contributed by atoms with van der Waals surface area (Å²) in [5.74, 6) is -1.45. The van der Waals surface area contributed by atoms with E-state index in [0.717, 1.165) is 12.8 Å². The molecule has 0 spiro atoms. The molecule has 0 saturated carbocycles. The molecule has 0 heterocycles. The van der Waals surface area contributed by atoms with Crippen molar-refractivity contribution in [3.63, 3.8) is 0 Å². The first-order chi connectivity index (χ1) is 18.7. The van der Waals surface area contributed by atoms with Gasteiger partial charge in [-0.25, -0.2) is 14.4 Å². The number of carboxylic acid groups (broad SMARTS) is 1. The van der Waals surface area contributed by atoms with Crippen molar-refractivity contribution in [3.05, 3.63) is 23.8 Å². The van der Waals surface area contributed by atoms with E-state index in [1.54, 1.807) is 13.8 Å². The SMILES string of the molecule is CCC(C)COC(=O)Oc1ccc(CC(N)(C[C@H](C)OC(=O)OC(C)C)C(=O)O)cc1OC(=O)OCC(C)CC. The van der Waals surface area contributed by atoms with Gasteiger partial charge in [-0.3, -0.25) is 4.79 Å². The first kappa shape index (κ1) is 34.5. The summed E-state index contributed by atoms with van der Waals surface area (Å²) in [4.78, 5) is 48.6. The van der Waals surface area contributed by atoms with Crippen LogP contribution in [0.1, 0.15) is 73.3 Å². The zero-order valence-electron chi connectivity index (χ0n) is 24.4. The summed E-state index contributed by atoms with van der Waals surface area (Å²) in [6.45, 7) is 12.7. The minimum atomic E-state index is -1.87. The zero-order valence-corrected chi connectivity index (χ0v) is 24.4. The van der Waals surface area contributed by atoms with Gasteiger partial charge in [-0.05, 0) is 50.3 Å². The second-order valence-corrected chi connectivity index (χ2v) is 10.3. The summed E-state index contributed by atoms with van der Waals surface area (Å²) >= 11 is 0. The van der Waals surface area contributed by atoms with Crippen LogP contribution in [0.2, 0.25) is 0 Å². The highest BCUT2D eigenvalue weighted by Gasteiger charge is 2.37. The molecule has 4 atom stereocenters. The van der Waals surface area contributed by atoms with Crippen LogP contribution in [-0.2, 0) is 30.2 Å². The van der Waals surface area contributed by atoms with E-state index in [-0.39, 0.29) is 49.4 Å². The maximum Gasteiger partial charge on any atom is 0.513 e. The molecule has 40 heavy (non-hydrogen) atoms. The average Bonchev–Trinajstić information content (AvgIpc) is 2.86. The van der Waals surface area contributed by atoms with Crippen LogP contribution in [-0.4, -0.2) is 60.5 Å². The Morgan fingerprint density at radius 3 is 1.82 bits per heavy atom. The normalized spacial score (nSPS) is 14.7. The Kier molecular flexibility index (Phi) is 14.3. The van der Waals surface area contributed by atoms with E-state index >= 15 is 0 Å². The standard InChI is InChI=1S/C28H43NO11/c1-8-18(5)15-35-25(32)39-22-11-10-21(12-23(22)40-26(33)36-16-19(6)9-2)14-28(29,24(30)31)13-20(7)38-27(34)37-17(3)4/h10-12,17-20H,8-9,13-16,29H2,1-7H3,(H,30,31)/t18?,19?,20-,28?/m0/s1. The van der Waals surface area contributed by atoms with Gasteiger partial charge in [0.2, 0.25) is 0 Å². The molecule has 0 aliphatic heterocycles. The van der Waals surface area contributed by atoms with Crippen LogP contribution in [0.5, 0.6) is 11.5 Å². The number of carbonyl (C=O) groups excluding carboxylic acids is 3. The molecule has 0 saturated heterocycles. The Bertz CT molecular complexity index is 996. The van der Waals surface area contributed by atoms with Crippen LogP contribution in [0, 0.1) is 11.8 Å². The van der Waals surface area contributed by atoms with E-state index in [4.69, 9.17) is 34.2 Å². The van der Waals surface area contributed by atoms with Gasteiger partial charge >= 0.3 is 24.4 Å². The Hall–Kier alpha value is -3.54. The summed E-state index contributed by atoms with van der Waals surface area (Å²) in [7, 11) is 0. The van der Waals surface area contributed by atoms with Gasteiger partial charge < -0.3 is 39.3 Å². The fourth-order valence-corrected chi connectivity index (χ4v) is 3.26. The predicted molar refractivity (Wildman–Crippen MR) is 144 cm³/mol. The highest BCUT2D eigenvalue weighted by Crippen LogP contribution is 2.31. The Labute approximate surface area is 235 Å². The van der Waals surface area contributed by atoms with E-state index < -0.39 is 42.2 Å². The van der Waals surface area contributed by atoms with E-state index in [9.17, 15) is 24.3 Å². The number of carbonyl (C=O) groups is 4. The third-order valence-corrected chi connectivity index (χ3v) is 5.99. The average molecular weight is 570 g/mol. The van der Waals surface area contributed by atoms with Crippen LogP contribution in [0.25, 0.3) is 0 Å². The minimum Gasteiger partial charge on any atom is -0.480 e. The zero-order chi connectivity index (χ0) is 30.5. The minimum absolute atomic E-state index is 0.0978. The van der Waals surface area contributed by atoms with Gasteiger partial charge in [-0.2, -0.15) is 0 Å². The first-order valence-corrected chi connectivity index (χ1v) is 13.4. The van der Waals surface area contributed by atoms with E-state index in [2.05, 4.69) is 0 Å². The van der Waals surface area contributed by atoms with Gasteiger partial charge in [-0.15, -0.1) is 0 Å². The van der Waals surface area contributed by atoms with Crippen molar-refractivity contribution >= 4 is 24.4 Å². The molecule has 0 radical (unpaired) electrons. The molecule has 12 nitrogen and oxygen atoms in total. The number of ether oxygens (including phenoxy) is 6. The first-order valence-electron chi connectivity index (χ1n) is 13.4. The Morgan fingerprint density at radius 2 is 1.35 bits per heavy atom. The fraction of sp³-hybridized carbons (Fsp3) is 0.643. The Morgan fingerprint density at radius 1 is 0.825 bits per heavy atom. The number of benzene rings is 1. The van der Waals surface area contributed by atoms with Crippen molar-refractivity contribution < 1.29 is 52.7 Å². The summed E-state index contributed by atoms with van der Waals surface area (Å²) in [6, 6.07) is 4.13. The molecular formula is C28H43NO11. The number of hydrogen-bond donors (Lipinski definition) is 2. The van der Waals surface area contributed by atoms with Crippen LogP contribution in [0.15, 0.2) is 18.2 Å². The maximum absolute atomic E-state index is 12.4.